The summed E-state index contributed by atoms with van der Waals surface area (Å²) < 4.78 is 0. The van der Waals surface area contributed by atoms with Crippen LogP contribution < -0.4 is 5.32 Å². The number of nitrogens with one attached hydrogen (secondary N) is 1. The zero-order chi connectivity index (χ0) is 16.8. The van der Waals surface area contributed by atoms with E-state index in [-0.39, 0.29) is 17.7 Å². The Morgan fingerprint density at radius 2 is 1.88 bits per heavy atom. The van der Waals surface area contributed by atoms with Gasteiger partial charge >= 0.3 is 0 Å². The van der Waals surface area contributed by atoms with Crippen LogP contribution in [0.4, 0.5) is 0 Å². The molecular formula is C20H28N2O2. The van der Waals surface area contributed by atoms with Gasteiger partial charge in [0.1, 0.15) is 0 Å². The number of likely N-dealkylation sites (tertiary alicyclic amines) is 1. The molecule has 0 spiro atoms. The van der Waals surface area contributed by atoms with Crippen LogP contribution in [0.2, 0.25) is 0 Å². The van der Waals surface area contributed by atoms with Gasteiger partial charge in [-0.15, -0.1) is 0 Å². The van der Waals surface area contributed by atoms with E-state index < -0.39 is 0 Å². The Hall–Kier alpha value is -1.84. The Balaban J connectivity index is 1.40. The summed E-state index contributed by atoms with van der Waals surface area (Å²) in [6.45, 7) is 1.30. The Bertz CT molecular complexity index is 552. The van der Waals surface area contributed by atoms with Crippen LogP contribution >= 0.6 is 0 Å². The summed E-state index contributed by atoms with van der Waals surface area (Å²) in [4.78, 5) is 26.6. The van der Waals surface area contributed by atoms with Gasteiger partial charge in [-0.25, -0.2) is 0 Å². The molecule has 1 aromatic carbocycles. The van der Waals surface area contributed by atoms with Crippen molar-refractivity contribution in [1.82, 2.24) is 10.2 Å². The number of nitrogens with zero attached hydrogens (tertiary/aromatic N) is 1. The molecule has 24 heavy (non-hydrogen) atoms. The summed E-state index contributed by atoms with van der Waals surface area (Å²) in [5.41, 5.74) is 1.30. The fraction of sp³-hybridized carbons (Fsp3) is 0.600. The van der Waals surface area contributed by atoms with Gasteiger partial charge < -0.3 is 10.2 Å². The van der Waals surface area contributed by atoms with Crippen LogP contribution in [-0.4, -0.2) is 35.8 Å². The van der Waals surface area contributed by atoms with E-state index in [2.05, 4.69) is 17.4 Å². The minimum Gasteiger partial charge on any atom is -0.356 e. The zero-order valence-corrected chi connectivity index (χ0v) is 14.4. The monoisotopic (exact) mass is 328 g/mol. The lowest BCUT2D eigenvalue weighted by atomic mass is 9.94. The molecule has 2 amide bonds. The SMILES string of the molecule is O=C(NCCCc1ccccc1)[C@@H]1CC(=O)N(C2CCCCC2)C1. The van der Waals surface area contributed by atoms with Crippen molar-refractivity contribution in [1.29, 1.82) is 0 Å². The smallest absolute Gasteiger partial charge is 0.225 e. The van der Waals surface area contributed by atoms with Gasteiger partial charge in [-0.3, -0.25) is 9.59 Å². The second kappa shape index (κ2) is 8.32. The number of amides is 2. The Kier molecular flexibility index (Phi) is 5.89. The van der Waals surface area contributed by atoms with E-state index in [0.29, 0.717) is 25.6 Å². The molecule has 1 saturated heterocycles. The Morgan fingerprint density at radius 1 is 1.12 bits per heavy atom. The fourth-order valence-electron chi connectivity index (χ4n) is 3.95. The van der Waals surface area contributed by atoms with Crippen molar-refractivity contribution in [3.05, 3.63) is 35.9 Å². The molecule has 1 aromatic rings. The lowest BCUT2D eigenvalue weighted by molar-refractivity contribution is -0.130. The van der Waals surface area contributed by atoms with Crippen molar-refractivity contribution in [2.24, 2.45) is 5.92 Å². The molecule has 130 valence electrons. The largest absolute Gasteiger partial charge is 0.356 e. The number of carbonyl (C=O) groups is 2. The van der Waals surface area contributed by atoms with E-state index in [4.69, 9.17) is 0 Å². The molecule has 0 bridgehead atoms. The first kappa shape index (κ1) is 17.0. The number of carbonyl (C=O) groups excluding carboxylic acids is 2. The third-order valence-corrected chi connectivity index (χ3v) is 5.33. The van der Waals surface area contributed by atoms with Gasteiger partial charge in [0, 0.05) is 25.6 Å². The normalized spacial score (nSPS) is 21.9. The third-order valence-electron chi connectivity index (χ3n) is 5.33. The topological polar surface area (TPSA) is 49.4 Å². The van der Waals surface area contributed by atoms with E-state index in [9.17, 15) is 9.59 Å². The standard InChI is InChI=1S/C20H28N2O2/c23-19-14-17(15-22(19)18-11-5-2-6-12-18)20(24)21-13-7-10-16-8-3-1-4-9-16/h1,3-4,8-9,17-18H,2,5-7,10-15H2,(H,21,24)/t17-/m1/s1. The van der Waals surface area contributed by atoms with Crippen molar-refractivity contribution in [2.75, 3.05) is 13.1 Å². The molecule has 1 atom stereocenters. The maximum Gasteiger partial charge on any atom is 0.225 e. The van der Waals surface area contributed by atoms with E-state index in [0.717, 1.165) is 25.7 Å². The second-order valence-corrected chi connectivity index (χ2v) is 7.12. The van der Waals surface area contributed by atoms with Gasteiger partial charge in [0.05, 0.1) is 5.92 Å². The quantitative estimate of drug-likeness (QED) is 0.816. The predicted octanol–water partition coefficient (Wildman–Crippen LogP) is 2.92. The van der Waals surface area contributed by atoms with Gasteiger partial charge in [-0.05, 0) is 31.2 Å². The molecule has 1 saturated carbocycles. The summed E-state index contributed by atoms with van der Waals surface area (Å²) in [6, 6.07) is 10.7. The molecule has 0 unspecified atom stereocenters. The molecule has 1 heterocycles. The summed E-state index contributed by atoms with van der Waals surface area (Å²) in [5, 5.41) is 3.02. The lowest BCUT2D eigenvalue weighted by Gasteiger charge is -2.31. The maximum absolute atomic E-state index is 12.3. The molecule has 2 aliphatic rings. The maximum atomic E-state index is 12.3. The first-order valence-corrected chi connectivity index (χ1v) is 9.35. The van der Waals surface area contributed by atoms with Crippen molar-refractivity contribution >= 4 is 11.8 Å². The Labute approximate surface area is 144 Å². The van der Waals surface area contributed by atoms with Crippen LogP contribution in [0.5, 0.6) is 0 Å². The first-order chi connectivity index (χ1) is 11.7. The first-order valence-electron chi connectivity index (χ1n) is 9.35. The zero-order valence-electron chi connectivity index (χ0n) is 14.4. The summed E-state index contributed by atoms with van der Waals surface area (Å²) in [5.74, 6) is 0.0669. The number of benzene rings is 1. The van der Waals surface area contributed by atoms with Crippen molar-refractivity contribution in [3.63, 3.8) is 0 Å². The molecular weight excluding hydrogens is 300 g/mol. The highest BCUT2D eigenvalue weighted by molar-refractivity contribution is 5.89. The minimum absolute atomic E-state index is 0.0507. The van der Waals surface area contributed by atoms with Crippen molar-refractivity contribution < 1.29 is 9.59 Å². The van der Waals surface area contributed by atoms with Crippen LogP contribution in [0.3, 0.4) is 0 Å². The van der Waals surface area contributed by atoms with Crippen LogP contribution in [0.25, 0.3) is 0 Å². The molecule has 1 N–H and O–H groups in total. The highest BCUT2D eigenvalue weighted by Crippen LogP contribution is 2.28. The highest BCUT2D eigenvalue weighted by Gasteiger charge is 2.37. The molecule has 0 radical (unpaired) electrons. The van der Waals surface area contributed by atoms with Crippen LogP contribution in [0.1, 0.15) is 50.5 Å². The summed E-state index contributed by atoms with van der Waals surface area (Å²) in [7, 11) is 0. The second-order valence-electron chi connectivity index (χ2n) is 7.12. The molecule has 0 aromatic heterocycles. The molecule has 2 fully saturated rings. The number of hydrogen-bond donors (Lipinski definition) is 1. The van der Waals surface area contributed by atoms with E-state index in [1.807, 2.05) is 23.1 Å². The lowest BCUT2D eigenvalue weighted by Crippen LogP contribution is -2.39. The summed E-state index contributed by atoms with van der Waals surface area (Å²) in [6.07, 6.45) is 8.22. The van der Waals surface area contributed by atoms with Crippen molar-refractivity contribution in [3.8, 4) is 0 Å². The van der Waals surface area contributed by atoms with Crippen LogP contribution in [0, 0.1) is 5.92 Å². The number of rotatable bonds is 6. The predicted molar refractivity (Wildman–Crippen MR) is 94.5 cm³/mol. The molecule has 4 heteroatoms. The fourth-order valence-corrected chi connectivity index (χ4v) is 3.95. The molecule has 1 aliphatic carbocycles. The molecule has 4 nitrogen and oxygen atoms in total. The van der Waals surface area contributed by atoms with Gasteiger partial charge in [-0.1, -0.05) is 49.6 Å². The number of aryl methyl sites for hydroxylation is 1. The Morgan fingerprint density at radius 3 is 2.62 bits per heavy atom. The van der Waals surface area contributed by atoms with E-state index in [1.165, 1.54) is 24.8 Å². The average molecular weight is 328 g/mol. The van der Waals surface area contributed by atoms with Gasteiger partial charge in [0.15, 0.2) is 0 Å². The summed E-state index contributed by atoms with van der Waals surface area (Å²) >= 11 is 0. The average Bonchev–Trinajstić information content (AvgIpc) is 3.02. The van der Waals surface area contributed by atoms with Crippen molar-refractivity contribution in [2.45, 2.75) is 57.4 Å². The van der Waals surface area contributed by atoms with E-state index in [1.54, 1.807) is 0 Å². The molecule has 3 rings (SSSR count). The third kappa shape index (κ3) is 4.37. The van der Waals surface area contributed by atoms with E-state index >= 15 is 0 Å². The van der Waals surface area contributed by atoms with Gasteiger partial charge in [-0.2, -0.15) is 0 Å². The minimum atomic E-state index is -0.156. The van der Waals surface area contributed by atoms with Crippen LogP contribution in [0.15, 0.2) is 30.3 Å². The van der Waals surface area contributed by atoms with Crippen LogP contribution in [-0.2, 0) is 16.0 Å². The van der Waals surface area contributed by atoms with Gasteiger partial charge in [0.2, 0.25) is 11.8 Å². The molecule has 1 aliphatic heterocycles. The van der Waals surface area contributed by atoms with Gasteiger partial charge in [0.25, 0.3) is 0 Å². The highest BCUT2D eigenvalue weighted by atomic mass is 16.2. The number of hydrogen-bond acceptors (Lipinski definition) is 2.